The van der Waals surface area contributed by atoms with Gasteiger partial charge in [0.1, 0.15) is 12.3 Å². The summed E-state index contributed by atoms with van der Waals surface area (Å²) < 4.78 is 5.11. The van der Waals surface area contributed by atoms with Crippen LogP contribution in [0.4, 0.5) is 16.2 Å². The maximum atomic E-state index is 12.6. The van der Waals surface area contributed by atoms with Crippen molar-refractivity contribution < 1.29 is 29.2 Å². The smallest absolute Gasteiger partial charge is 0.415 e. The number of benzene rings is 2. The number of hydrogen-bond donors (Lipinski definition) is 2. The number of aliphatic carboxylic acids is 1. The van der Waals surface area contributed by atoms with Crippen LogP contribution in [0.5, 0.6) is 5.75 Å². The molecule has 2 aromatic rings. The molecular weight excluding hydrogens is 406 g/mol. The van der Waals surface area contributed by atoms with Crippen LogP contribution in [0, 0.1) is 17.0 Å². The van der Waals surface area contributed by atoms with Gasteiger partial charge >= 0.3 is 12.1 Å². The van der Waals surface area contributed by atoms with Crippen LogP contribution < -0.4 is 10.1 Å². The second-order valence-electron chi connectivity index (χ2n) is 5.97. The van der Waals surface area contributed by atoms with E-state index in [0.717, 1.165) is 4.90 Å². The van der Waals surface area contributed by atoms with Gasteiger partial charge < -0.3 is 15.2 Å². The fourth-order valence-electron chi connectivity index (χ4n) is 2.34. The molecule has 0 heterocycles. The normalized spacial score (nSPS) is 10.2. The lowest BCUT2D eigenvalue weighted by Crippen LogP contribution is -2.34. The minimum atomic E-state index is -1.23. The van der Waals surface area contributed by atoms with Crippen LogP contribution in [0.3, 0.4) is 0 Å². The van der Waals surface area contributed by atoms with E-state index in [1.807, 2.05) is 0 Å². The Morgan fingerprint density at radius 2 is 1.93 bits per heavy atom. The average Bonchev–Trinajstić information content (AvgIpc) is 2.62. The van der Waals surface area contributed by atoms with Crippen LogP contribution in [-0.4, -0.2) is 46.5 Å². The molecule has 0 unspecified atom stereocenters. The summed E-state index contributed by atoms with van der Waals surface area (Å²) in [6.45, 7) is 0.939. The molecule has 2 amide bonds. The molecule has 10 nitrogen and oxygen atoms in total. The lowest BCUT2D eigenvalue weighted by atomic mass is 10.1. The number of hydrogen-bond acceptors (Lipinski definition) is 6. The number of rotatable bonds is 6. The Bertz CT molecular complexity index is 993. The number of ether oxygens (including phenoxy) is 1. The second kappa shape index (κ2) is 9.02. The molecule has 0 aliphatic heterocycles. The van der Waals surface area contributed by atoms with Crippen molar-refractivity contribution in [2.24, 2.45) is 0 Å². The lowest BCUT2D eigenvalue weighted by Gasteiger charge is -2.16. The standard InChI is InChI=1S/C18H16ClN3O7/c1-10-7-12(4-5-14(10)22(27)28)20-17(25)13-8-11(19)3-6-15(13)29-18(26)21(2)9-16(23)24/h3-8H,9H2,1-2H3,(H,20,25)(H,23,24). The fourth-order valence-corrected chi connectivity index (χ4v) is 2.52. The number of aryl methyl sites for hydroxylation is 1. The van der Waals surface area contributed by atoms with Crippen molar-refractivity contribution in [2.45, 2.75) is 6.92 Å². The van der Waals surface area contributed by atoms with Crippen LogP contribution in [0.25, 0.3) is 0 Å². The van der Waals surface area contributed by atoms with Crippen LogP contribution in [0.1, 0.15) is 15.9 Å². The fraction of sp³-hybridized carbons (Fsp3) is 0.167. The SMILES string of the molecule is Cc1cc(NC(=O)c2cc(Cl)ccc2OC(=O)N(C)CC(=O)O)ccc1[N+](=O)[O-]. The minimum absolute atomic E-state index is 0.0782. The van der Waals surface area contributed by atoms with Gasteiger partial charge in [-0.15, -0.1) is 0 Å². The highest BCUT2D eigenvalue weighted by atomic mass is 35.5. The number of nitrogens with zero attached hydrogens (tertiary/aromatic N) is 2. The number of carbonyl (C=O) groups excluding carboxylic acids is 2. The topological polar surface area (TPSA) is 139 Å². The van der Waals surface area contributed by atoms with Gasteiger partial charge in [0.2, 0.25) is 0 Å². The van der Waals surface area contributed by atoms with Crippen LogP contribution >= 0.6 is 11.6 Å². The third-order valence-electron chi connectivity index (χ3n) is 3.72. The van der Waals surface area contributed by atoms with Crippen molar-refractivity contribution in [3.8, 4) is 5.75 Å². The average molecular weight is 422 g/mol. The largest absolute Gasteiger partial charge is 0.480 e. The van der Waals surface area contributed by atoms with Crippen molar-refractivity contribution in [3.63, 3.8) is 0 Å². The van der Waals surface area contributed by atoms with Crippen LogP contribution in [0.15, 0.2) is 36.4 Å². The molecule has 0 bridgehead atoms. The molecule has 11 heteroatoms. The van der Waals surface area contributed by atoms with E-state index in [0.29, 0.717) is 11.3 Å². The molecule has 0 atom stereocenters. The van der Waals surface area contributed by atoms with E-state index < -0.39 is 29.4 Å². The molecule has 2 N–H and O–H groups in total. The molecule has 0 aromatic heterocycles. The molecule has 152 valence electrons. The number of halogens is 1. The van der Waals surface area contributed by atoms with Crippen molar-refractivity contribution in [1.82, 2.24) is 4.90 Å². The van der Waals surface area contributed by atoms with Gasteiger partial charge in [-0.25, -0.2) is 4.79 Å². The number of carbonyl (C=O) groups is 3. The third-order valence-corrected chi connectivity index (χ3v) is 3.95. The molecular formula is C18H16ClN3O7. The predicted octanol–water partition coefficient (Wildman–Crippen LogP) is 3.32. The maximum Gasteiger partial charge on any atom is 0.415 e. The predicted molar refractivity (Wildman–Crippen MR) is 104 cm³/mol. The van der Waals surface area contributed by atoms with E-state index in [4.69, 9.17) is 21.4 Å². The molecule has 2 rings (SSSR count). The number of likely N-dealkylation sites (N-methyl/N-ethyl adjacent to an activating group) is 1. The van der Waals surface area contributed by atoms with E-state index in [1.54, 1.807) is 0 Å². The summed E-state index contributed by atoms with van der Waals surface area (Å²) >= 11 is 5.93. The Hall–Kier alpha value is -3.66. The Labute approximate surface area is 169 Å². The Kier molecular flexibility index (Phi) is 6.73. The third kappa shape index (κ3) is 5.66. The zero-order valence-electron chi connectivity index (χ0n) is 15.3. The van der Waals surface area contributed by atoms with E-state index in [1.165, 1.54) is 50.4 Å². The van der Waals surface area contributed by atoms with E-state index in [9.17, 15) is 24.5 Å². The highest BCUT2D eigenvalue weighted by Gasteiger charge is 2.20. The lowest BCUT2D eigenvalue weighted by molar-refractivity contribution is -0.385. The van der Waals surface area contributed by atoms with Gasteiger partial charge in [0.15, 0.2) is 0 Å². The number of nitro benzene ring substituents is 1. The van der Waals surface area contributed by atoms with Crippen LogP contribution in [0.2, 0.25) is 5.02 Å². The molecule has 0 saturated carbocycles. The van der Waals surface area contributed by atoms with E-state index >= 15 is 0 Å². The van der Waals surface area contributed by atoms with Gasteiger partial charge in [0.05, 0.1) is 10.5 Å². The number of carboxylic acid groups (broad SMARTS) is 1. The zero-order chi connectivity index (χ0) is 21.7. The van der Waals surface area contributed by atoms with Crippen molar-refractivity contribution >= 4 is 40.9 Å². The van der Waals surface area contributed by atoms with Gasteiger partial charge in [-0.3, -0.25) is 24.6 Å². The van der Waals surface area contributed by atoms with E-state index in [-0.39, 0.29) is 22.0 Å². The molecule has 0 aliphatic carbocycles. The van der Waals surface area contributed by atoms with Gasteiger partial charge in [0, 0.05) is 29.4 Å². The molecule has 2 aromatic carbocycles. The van der Waals surface area contributed by atoms with Crippen molar-refractivity contribution in [3.05, 3.63) is 62.7 Å². The van der Waals surface area contributed by atoms with Crippen molar-refractivity contribution in [1.29, 1.82) is 0 Å². The van der Waals surface area contributed by atoms with Gasteiger partial charge in [-0.05, 0) is 37.3 Å². The monoisotopic (exact) mass is 421 g/mol. The Balaban J connectivity index is 2.25. The number of nitrogens with one attached hydrogen (secondary N) is 1. The molecule has 0 saturated heterocycles. The van der Waals surface area contributed by atoms with Crippen LogP contribution in [-0.2, 0) is 4.79 Å². The molecule has 29 heavy (non-hydrogen) atoms. The zero-order valence-corrected chi connectivity index (χ0v) is 16.1. The summed E-state index contributed by atoms with van der Waals surface area (Å²) in [6, 6.07) is 8.01. The summed E-state index contributed by atoms with van der Waals surface area (Å²) in [4.78, 5) is 46.6. The summed E-state index contributed by atoms with van der Waals surface area (Å²) in [5, 5.41) is 22.4. The van der Waals surface area contributed by atoms with Gasteiger partial charge in [-0.2, -0.15) is 0 Å². The van der Waals surface area contributed by atoms with Gasteiger partial charge in [0.25, 0.3) is 11.6 Å². The minimum Gasteiger partial charge on any atom is -0.480 e. The number of nitro groups is 1. The quantitative estimate of drug-likeness (QED) is 0.538. The Morgan fingerprint density at radius 1 is 1.24 bits per heavy atom. The maximum absolute atomic E-state index is 12.6. The Morgan fingerprint density at radius 3 is 2.52 bits per heavy atom. The number of amides is 2. The van der Waals surface area contributed by atoms with Crippen molar-refractivity contribution in [2.75, 3.05) is 18.9 Å². The number of carboxylic acids is 1. The first-order chi connectivity index (χ1) is 13.6. The summed E-state index contributed by atoms with van der Waals surface area (Å²) in [6.07, 6.45) is -0.977. The summed E-state index contributed by atoms with van der Waals surface area (Å²) in [5.41, 5.74) is 0.464. The summed E-state index contributed by atoms with van der Waals surface area (Å²) in [5.74, 6) is -2.04. The summed E-state index contributed by atoms with van der Waals surface area (Å²) in [7, 11) is 1.23. The second-order valence-corrected chi connectivity index (χ2v) is 6.41. The molecule has 0 fully saturated rings. The molecule has 0 aliphatic rings. The first-order valence-electron chi connectivity index (χ1n) is 8.09. The van der Waals surface area contributed by atoms with E-state index in [2.05, 4.69) is 5.32 Å². The molecule has 0 radical (unpaired) electrons. The highest BCUT2D eigenvalue weighted by Crippen LogP contribution is 2.26. The number of anilines is 1. The first-order valence-corrected chi connectivity index (χ1v) is 8.47. The first kappa shape index (κ1) is 21.6. The highest BCUT2D eigenvalue weighted by molar-refractivity contribution is 6.31. The van der Waals surface area contributed by atoms with Gasteiger partial charge in [-0.1, -0.05) is 11.6 Å². The molecule has 0 spiro atoms.